The van der Waals surface area contributed by atoms with Crippen LogP contribution in [0.25, 0.3) is 0 Å². The van der Waals surface area contributed by atoms with Gasteiger partial charge in [0.25, 0.3) is 0 Å². The number of aromatic nitrogens is 3. The van der Waals surface area contributed by atoms with Crippen molar-refractivity contribution in [2.24, 2.45) is 5.73 Å². The normalized spacial score (nSPS) is 10.4. The van der Waals surface area contributed by atoms with Crippen molar-refractivity contribution in [3.8, 4) is 0 Å². The Bertz CT molecular complexity index is 296. The molecule has 1 aromatic rings. The zero-order chi connectivity index (χ0) is 10.4. The Hall–Kier alpha value is -1.43. The van der Waals surface area contributed by atoms with Crippen LogP contribution in [0.3, 0.4) is 0 Å². The predicted octanol–water partition coefficient (Wildman–Crippen LogP) is -0.737. The van der Waals surface area contributed by atoms with Gasteiger partial charge in [0.05, 0.1) is 6.54 Å². The van der Waals surface area contributed by atoms with E-state index < -0.39 is 0 Å². The van der Waals surface area contributed by atoms with E-state index in [2.05, 4.69) is 15.4 Å². The fraction of sp³-hybridized carbons (Fsp3) is 0.625. The molecule has 78 valence electrons. The van der Waals surface area contributed by atoms with E-state index in [0.717, 1.165) is 12.4 Å². The number of carbonyl (C=O) groups excluding carboxylic acids is 1. The monoisotopic (exact) mass is 197 g/mol. The van der Waals surface area contributed by atoms with Crippen LogP contribution in [0.2, 0.25) is 0 Å². The first-order chi connectivity index (χ1) is 6.74. The predicted molar refractivity (Wildman–Crippen MR) is 51.2 cm³/mol. The van der Waals surface area contributed by atoms with Gasteiger partial charge in [-0.05, 0) is 6.92 Å². The van der Waals surface area contributed by atoms with Gasteiger partial charge >= 0.3 is 0 Å². The van der Waals surface area contributed by atoms with Crippen molar-refractivity contribution in [2.75, 3.05) is 6.54 Å². The van der Waals surface area contributed by atoms with E-state index in [0.29, 0.717) is 19.5 Å². The summed E-state index contributed by atoms with van der Waals surface area (Å²) < 4.78 is 1.80. The van der Waals surface area contributed by atoms with Gasteiger partial charge in [0.1, 0.15) is 12.2 Å². The summed E-state index contributed by atoms with van der Waals surface area (Å²) in [7, 11) is 0. The second kappa shape index (κ2) is 5.33. The van der Waals surface area contributed by atoms with Crippen LogP contribution in [0, 0.1) is 0 Å². The lowest BCUT2D eigenvalue weighted by Crippen LogP contribution is -2.23. The summed E-state index contributed by atoms with van der Waals surface area (Å²) in [5, 5.41) is 7.09. The van der Waals surface area contributed by atoms with E-state index in [4.69, 9.17) is 5.73 Å². The van der Waals surface area contributed by atoms with Crippen molar-refractivity contribution in [3.63, 3.8) is 0 Å². The van der Waals surface area contributed by atoms with Gasteiger partial charge in [-0.15, -0.1) is 0 Å². The highest BCUT2D eigenvalue weighted by Crippen LogP contribution is 1.92. The van der Waals surface area contributed by atoms with E-state index in [9.17, 15) is 4.79 Å². The van der Waals surface area contributed by atoms with Gasteiger partial charge < -0.3 is 11.1 Å². The van der Waals surface area contributed by atoms with Gasteiger partial charge in [-0.2, -0.15) is 5.10 Å². The van der Waals surface area contributed by atoms with Crippen LogP contribution in [0.15, 0.2) is 6.33 Å². The Morgan fingerprint density at radius 3 is 3.14 bits per heavy atom. The largest absolute Gasteiger partial charge is 0.370 e. The third kappa shape index (κ3) is 3.14. The molecule has 1 aromatic heterocycles. The number of rotatable bonds is 6. The van der Waals surface area contributed by atoms with E-state index in [1.807, 2.05) is 6.92 Å². The Labute approximate surface area is 82.5 Å². The molecule has 1 heterocycles. The molecule has 0 aliphatic rings. The van der Waals surface area contributed by atoms with Crippen LogP contribution >= 0.6 is 0 Å². The molecule has 0 atom stereocenters. The summed E-state index contributed by atoms with van der Waals surface area (Å²) >= 11 is 0. The quantitative estimate of drug-likeness (QED) is 0.588. The van der Waals surface area contributed by atoms with Crippen LogP contribution in [0.4, 0.5) is 0 Å². The lowest BCUT2D eigenvalue weighted by Gasteiger charge is -2.03. The number of hydrogen-bond acceptors (Lipinski definition) is 4. The number of amides is 1. The number of nitrogens with one attached hydrogen (secondary N) is 1. The number of nitrogens with zero attached hydrogens (tertiary/aromatic N) is 3. The highest BCUT2D eigenvalue weighted by molar-refractivity contribution is 5.73. The second-order valence-corrected chi connectivity index (χ2v) is 2.89. The minimum Gasteiger partial charge on any atom is -0.370 e. The maximum absolute atomic E-state index is 10.4. The van der Waals surface area contributed by atoms with Crippen LogP contribution < -0.4 is 11.1 Å². The van der Waals surface area contributed by atoms with Crippen molar-refractivity contribution in [1.82, 2.24) is 20.1 Å². The lowest BCUT2D eigenvalue weighted by molar-refractivity contribution is -0.117. The first-order valence-electron chi connectivity index (χ1n) is 4.59. The van der Waals surface area contributed by atoms with Crippen LogP contribution in [-0.2, 0) is 17.9 Å². The summed E-state index contributed by atoms with van der Waals surface area (Å²) in [6.07, 6.45) is 1.87. The molecule has 0 bridgehead atoms. The first-order valence-corrected chi connectivity index (χ1v) is 4.59. The average Bonchev–Trinajstić information content (AvgIpc) is 2.59. The van der Waals surface area contributed by atoms with E-state index in [1.165, 1.54) is 6.33 Å². The molecule has 0 aliphatic carbocycles. The number of hydrogen-bond donors (Lipinski definition) is 2. The van der Waals surface area contributed by atoms with E-state index in [-0.39, 0.29) is 5.91 Å². The van der Waals surface area contributed by atoms with Crippen molar-refractivity contribution in [1.29, 1.82) is 0 Å². The minimum atomic E-state index is -0.297. The molecule has 0 spiro atoms. The standard InChI is InChI=1S/C8H15N5O/c1-2-13-8(11-6-12-13)5-10-4-3-7(9)14/h6,10H,2-5H2,1H3,(H2,9,14). The van der Waals surface area contributed by atoms with Gasteiger partial charge in [-0.1, -0.05) is 0 Å². The molecule has 6 nitrogen and oxygen atoms in total. The number of primary amides is 1. The van der Waals surface area contributed by atoms with Crippen molar-refractivity contribution in [2.45, 2.75) is 26.4 Å². The molecule has 14 heavy (non-hydrogen) atoms. The highest BCUT2D eigenvalue weighted by atomic mass is 16.1. The molecule has 0 radical (unpaired) electrons. The van der Waals surface area contributed by atoms with Gasteiger partial charge in [0, 0.05) is 19.5 Å². The van der Waals surface area contributed by atoms with Gasteiger partial charge in [0.15, 0.2) is 0 Å². The second-order valence-electron chi connectivity index (χ2n) is 2.89. The van der Waals surface area contributed by atoms with Gasteiger partial charge in [0.2, 0.25) is 5.91 Å². The van der Waals surface area contributed by atoms with Crippen LogP contribution in [0.1, 0.15) is 19.2 Å². The maximum atomic E-state index is 10.4. The van der Waals surface area contributed by atoms with Crippen molar-refractivity contribution >= 4 is 5.91 Å². The zero-order valence-corrected chi connectivity index (χ0v) is 8.23. The third-order valence-corrected chi connectivity index (χ3v) is 1.83. The van der Waals surface area contributed by atoms with Crippen molar-refractivity contribution in [3.05, 3.63) is 12.2 Å². The summed E-state index contributed by atoms with van der Waals surface area (Å²) in [5.41, 5.74) is 5.00. The number of carbonyl (C=O) groups is 1. The molecule has 0 aliphatic heterocycles. The summed E-state index contributed by atoms with van der Waals surface area (Å²) in [4.78, 5) is 14.5. The minimum absolute atomic E-state index is 0.297. The molecule has 0 saturated heterocycles. The molecular formula is C8H15N5O. The van der Waals surface area contributed by atoms with Crippen LogP contribution in [-0.4, -0.2) is 27.2 Å². The summed E-state index contributed by atoms with van der Waals surface area (Å²) in [6.45, 7) is 3.99. The third-order valence-electron chi connectivity index (χ3n) is 1.83. The van der Waals surface area contributed by atoms with Gasteiger partial charge in [-0.3, -0.25) is 4.79 Å². The molecule has 1 rings (SSSR count). The maximum Gasteiger partial charge on any atom is 0.218 e. The molecule has 3 N–H and O–H groups in total. The molecule has 0 unspecified atom stereocenters. The smallest absolute Gasteiger partial charge is 0.218 e. The van der Waals surface area contributed by atoms with Gasteiger partial charge in [-0.25, -0.2) is 9.67 Å². The lowest BCUT2D eigenvalue weighted by atomic mass is 10.4. The van der Waals surface area contributed by atoms with Crippen molar-refractivity contribution < 1.29 is 4.79 Å². The fourth-order valence-corrected chi connectivity index (χ4v) is 1.10. The molecule has 0 aromatic carbocycles. The van der Waals surface area contributed by atoms with Crippen LogP contribution in [0.5, 0.6) is 0 Å². The highest BCUT2D eigenvalue weighted by Gasteiger charge is 2.01. The first kappa shape index (κ1) is 10.6. The fourth-order valence-electron chi connectivity index (χ4n) is 1.10. The number of nitrogens with two attached hydrogens (primary N) is 1. The molecule has 1 amide bonds. The Morgan fingerprint density at radius 1 is 1.71 bits per heavy atom. The summed E-state index contributed by atoms with van der Waals surface area (Å²) in [5.74, 6) is 0.575. The molecule has 0 fully saturated rings. The average molecular weight is 197 g/mol. The van der Waals surface area contributed by atoms with E-state index in [1.54, 1.807) is 4.68 Å². The Balaban J connectivity index is 2.27. The molecule has 6 heteroatoms. The zero-order valence-electron chi connectivity index (χ0n) is 8.23. The topological polar surface area (TPSA) is 85.8 Å². The molecule has 0 saturated carbocycles. The van der Waals surface area contributed by atoms with E-state index >= 15 is 0 Å². The SMILES string of the molecule is CCn1ncnc1CNCCC(N)=O. The Kier molecular flexibility index (Phi) is 4.06. The summed E-state index contributed by atoms with van der Waals surface area (Å²) in [6, 6.07) is 0. The Morgan fingerprint density at radius 2 is 2.50 bits per heavy atom. The number of aryl methyl sites for hydroxylation is 1. The molecular weight excluding hydrogens is 182 g/mol.